The van der Waals surface area contributed by atoms with Gasteiger partial charge in [-0.2, -0.15) is 0 Å². The third-order valence-electron chi connectivity index (χ3n) is 3.27. The summed E-state index contributed by atoms with van der Waals surface area (Å²) >= 11 is 0. The molecule has 0 spiro atoms. The zero-order valence-corrected chi connectivity index (χ0v) is 9.90. The molecule has 1 saturated heterocycles. The molecule has 4 heteroatoms. The molecule has 94 valence electrons. The van der Waals surface area contributed by atoms with Crippen LogP contribution in [0.25, 0.3) is 0 Å². The summed E-state index contributed by atoms with van der Waals surface area (Å²) in [6.07, 6.45) is 0.738. The molecular weight excluding hydrogens is 219 g/mol. The van der Waals surface area contributed by atoms with Crippen LogP contribution < -0.4 is 5.32 Å². The fraction of sp³-hybridized carbons (Fsp3) is 0.538. The highest BCUT2D eigenvalue weighted by atomic mass is 19.1. The molecule has 3 nitrogen and oxygen atoms in total. The van der Waals surface area contributed by atoms with E-state index >= 15 is 0 Å². The molecule has 2 rings (SSSR count). The Morgan fingerprint density at radius 1 is 1.41 bits per heavy atom. The Morgan fingerprint density at radius 2 is 2.24 bits per heavy atom. The second kappa shape index (κ2) is 6.10. The van der Waals surface area contributed by atoms with E-state index in [1.165, 1.54) is 6.07 Å². The van der Waals surface area contributed by atoms with E-state index in [1.807, 2.05) is 12.1 Å². The largest absolute Gasteiger partial charge is 0.396 e. The quantitative estimate of drug-likeness (QED) is 0.821. The second-order valence-corrected chi connectivity index (χ2v) is 4.43. The Bertz CT molecular complexity index is 357. The summed E-state index contributed by atoms with van der Waals surface area (Å²) in [6.45, 7) is 3.50. The minimum absolute atomic E-state index is 0.145. The van der Waals surface area contributed by atoms with Crippen LogP contribution in [0.15, 0.2) is 24.3 Å². The first-order chi connectivity index (χ1) is 8.31. The van der Waals surface area contributed by atoms with Crippen LogP contribution in [0.2, 0.25) is 0 Å². The number of nitrogens with one attached hydrogen (secondary N) is 1. The van der Waals surface area contributed by atoms with Crippen molar-refractivity contribution in [3.63, 3.8) is 0 Å². The van der Waals surface area contributed by atoms with Gasteiger partial charge >= 0.3 is 0 Å². The van der Waals surface area contributed by atoms with Crippen LogP contribution in [-0.4, -0.2) is 42.3 Å². The lowest BCUT2D eigenvalue weighted by Crippen LogP contribution is -2.51. The van der Waals surface area contributed by atoms with Gasteiger partial charge in [0.05, 0.1) is 0 Å². The normalized spacial score (nSPS) is 21.6. The van der Waals surface area contributed by atoms with Crippen molar-refractivity contribution in [1.82, 2.24) is 10.2 Å². The van der Waals surface area contributed by atoms with Crippen molar-refractivity contribution in [2.24, 2.45) is 0 Å². The topological polar surface area (TPSA) is 35.5 Å². The van der Waals surface area contributed by atoms with Crippen LogP contribution in [0.1, 0.15) is 12.0 Å². The molecule has 0 aromatic heterocycles. The first-order valence-electron chi connectivity index (χ1n) is 6.10. The Morgan fingerprint density at radius 3 is 3.00 bits per heavy atom. The van der Waals surface area contributed by atoms with Crippen molar-refractivity contribution in [2.75, 3.05) is 26.2 Å². The monoisotopic (exact) mass is 238 g/mol. The fourth-order valence-corrected chi connectivity index (χ4v) is 2.29. The second-order valence-electron chi connectivity index (χ2n) is 4.43. The molecule has 0 aliphatic carbocycles. The standard InChI is InChI=1S/C13H19FN2O/c14-13-4-2-1-3-11(13)10-16-7-6-15-9-12(16)5-8-17/h1-4,12,15,17H,5-10H2. The molecule has 1 unspecified atom stereocenters. The maximum Gasteiger partial charge on any atom is 0.127 e. The molecule has 0 amide bonds. The van der Waals surface area contributed by atoms with Crippen molar-refractivity contribution in [3.8, 4) is 0 Å². The Balaban J connectivity index is 2.03. The summed E-state index contributed by atoms with van der Waals surface area (Å²) in [5.41, 5.74) is 0.734. The van der Waals surface area contributed by atoms with E-state index in [-0.39, 0.29) is 12.4 Å². The third-order valence-corrected chi connectivity index (χ3v) is 3.27. The van der Waals surface area contributed by atoms with E-state index in [2.05, 4.69) is 10.2 Å². The van der Waals surface area contributed by atoms with Crippen LogP contribution in [0.5, 0.6) is 0 Å². The van der Waals surface area contributed by atoms with Crippen LogP contribution in [0, 0.1) is 5.82 Å². The molecule has 1 aliphatic heterocycles. The van der Waals surface area contributed by atoms with E-state index in [0.29, 0.717) is 12.6 Å². The van der Waals surface area contributed by atoms with Crippen molar-refractivity contribution in [1.29, 1.82) is 0 Å². The number of rotatable bonds is 4. The van der Waals surface area contributed by atoms with Crippen LogP contribution in [0.3, 0.4) is 0 Å². The molecule has 17 heavy (non-hydrogen) atoms. The van der Waals surface area contributed by atoms with Crippen molar-refractivity contribution >= 4 is 0 Å². The number of nitrogens with zero attached hydrogens (tertiary/aromatic N) is 1. The van der Waals surface area contributed by atoms with Gasteiger partial charge in [-0.3, -0.25) is 4.90 Å². The summed E-state index contributed by atoms with van der Waals surface area (Å²) in [7, 11) is 0. The molecule has 0 bridgehead atoms. The molecule has 1 heterocycles. The third kappa shape index (κ3) is 3.25. The number of hydrogen-bond acceptors (Lipinski definition) is 3. The van der Waals surface area contributed by atoms with Gasteiger partial charge in [-0.05, 0) is 12.5 Å². The molecule has 1 aliphatic rings. The zero-order valence-electron chi connectivity index (χ0n) is 9.90. The first-order valence-corrected chi connectivity index (χ1v) is 6.10. The number of halogens is 1. The highest BCUT2D eigenvalue weighted by Gasteiger charge is 2.22. The predicted octanol–water partition coefficient (Wildman–Crippen LogP) is 0.982. The number of benzene rings is 1. The maximum absolute atomic E-state index is 13.6. The fourth-order valence-electron chi connectivity index (χ4n) is 2.29. The highest BCUT2D eigenvalue weighted by Crippen LogP contribution is 2.14. The van der Waals surface area contributed by atoms with Gasteiger partial charge in [-0.1, -0.05) is 18.2 Å². The number of hydrogen-bond donors (Lipinski definition) is 2. The Hall–Kier alpha value is -0.970. The molecule has 0 saturated carbocycles. The van der Waals surface area contributed by atoms with Gasteiger partial charge in [0.15, 0.2) is 0 Å². The van der Waals surface area contributed by atoms with Gasteiger partial charge < -0.3 is 10.4 Å². The predicted molar refractivity (Wildman–Crippen MR) is 65.2 cm³/mol. The lowest BCUT2D eigenvalue weighted by Gasteiger charge is -2.36. The first kappa shape index (κ1) is 12.5. The Kier molecular flexibility index (Phi) is 4.48. The molecule has 1 fully saturated rings. The zero-order chi connectivity index (χ0) is 12.1. The van der Waals surface area contributed by atoms with Crippen LogP contribution in [-0.2, 0) is 6.54 Å². The molecule has 1 aromatic rings. The number of aliphatic hydroxyl groups is 1. The average Bonchev–Trinajstić information content (AvgIpc) is 2.35. The lowest BCUT2D eigenvalue weighted by atomic mass is 10.1. The van der Waals surface area contributed by atoms with Gasteiger partial charge in [-0.15, -0.1) is 0 Å². The van der Waals surface area contributed by atoms with Gasteiger partial charge in [0.2, 0.25) is 0 Å². The summed E-state index contributed by atoms with van der Waals surface area (Å²) < 4.78 is 13.6. The molecule has 1 aromatic carbocycles. The van der Waals surface area contributed by atoms with Gasteiger partial charge in [0, 0.05) is 44.4 Å². The SMILES string of the molecule is OCCC1CNCCN1Cc1ccccc1F. The van der Waals surface area contributed by atoms with Gasteiger partial charge in [0.25, 0.3) is 0 Å². The van der Waals surface area contributed by atoms with Gasteiger partial charge in [0.1, 0.15) is 5.82 Å². The average molecular weight is 238 g/mol. The lowest BCUT2D eigenvalue weighted by molar-refractivity contribution is 0.122. The highest BCUT2D eigenvalue weighted by molar-refractivity contribution is 5.17. The van der Waals surface area contributed by atoms with E-state index in [0.717, 1.165) is 31.6 Å². The van der Waals surface area contributed by atoms with E-state index in [4.69, 9.17) is 5.11 Å². The summed E-state index contributed by atoms with van der Waals surface area (Å²) in [5.74, 6) is -0.145. The Labute approximate surface area is 101 Å². The van der Waals surface area contributed by atoms with Crippen LogP contribution >= 0.6 is 0 Å². The summed E-state index contributed by atoms with van der Waals surface area (Å²) in [4.78, 5) is 2.24. The summed E-state index contributed by atoms with van der Waals surface area (Å²) in [6, 6.07) is 7.20. The smallest absolute Gasteiger partial charge is 0.127 e. The van der Waals surface area contributed by atoms with E-state index in [9.17, 15) is 4.39 Å². The maximum atomic E-state index is 13.6. The molecule has 0 radical (unpaired) electrons. The minimum Gasteiger partial charge on any atom is -0.396 e. The van der Waals surface area contributed by atoms with E-state index < -0.39 is 0 Å². The molecular formula is C13H19FN2O. The minimum atomic E-state index is -0.145. The van der Waals surface area contributed by atoms with Crippen molar-refractivity contribution in [2.45, 2.75) is 19.0 Å². The summed E-state index contributed by atoms with van der Waals surface area (Å²) in [5, 5.41) is 12.3. The number of piperazine rings is 1. The van der Waals surface area contributed by atoms with E-state index in [1.54, 1.807) is 6.07 Å². The molecule has 1 atom stereocenters. The number of aliphatic hydroxyl groups excluding tert-OH is 1. The molecule has 2 N–H and O–H groups in total. The van der Waals surface area contributed by atoms with Crippen LogP contribution in [0.4, 0.5) is 4.39 Å². The van der Waals surface area contributed by atoms with Gasteiger partial charge in [-0.25, -0.2) is 4.39 Å². The van der Waals surface area contributed by atoms with Crippen molar-refractivity contribution in [3.05, 3.63) is 35.6 Å². The van der Waals surface area contributed by atoms with Crippen molar-refractivity contribution < 1.29 is 9.50 Å².